The molecule has 16 heavy (non-hydrogen) atoms. The van der Waals surface area contributed by atoms with Crippen molar-refractivity contribution in [2.24, 2.45) is 5.73 Å². The number of carbonyl (C=O) groups excluding carboxylic acids is 1. The maximum Gasteiger partial charge on any atom is 0.323 e. The molecule has 2 aromatic rings. The summed E-state index contributed by atoms with van der Waals surface area (Å²) in [6, 6.07) is 5.38. The summed E-state index contributed by atoms with van der Waals surface area (Å²) in [6.45, 7) is 0. The normalized spacial score (nSPS) is 10.2. The Morgan fingerprint density at radius 2 is 2.19 bits per heavy atom. The van der Waals surface area contributed by atoms with Crippen molar-refractivity contribution in [1.29, 1.82) is 0 Å². The predicted molar refractivity (Wildman–Crippen MR) is 54.5 cm³/mol. The summed E-state index contributed by atoms with van der Waals surface area (Å²) in [6.07, 6.45) is 1.49. The van der Waals surface area contributed by atoms with Gasteiger partial charge in [0.2, 0.25) is 0 Å². The molecule has 1 heterocycles. The molecule has 82 valence electrons. The second-order valence-corrected chi connectivity index (χ2v) is 3.06. The van der Waals surface area contributed by atoms with E-state index in [0.29, 0.717) is 10.9 Å². The third-order valence-electron chi connectivity index (χ3n) is 2.08. The molecule has 0 saturated heterocycles. The SMILES string of the molecule is NC(=O)n1ccc2cc(O[N+](=O)[O-])ccc21. The number of nitrogens with two attached hydrogens (primary N) is 1. The molecule has 1 aromatic carbocycles. The summed E-state index contributed by atoms with van der Waals surface area (Å²) < 4.78 is 1.24. The van der Waals surface area contributed by atoms with Crippen molar-refractivity contribution in [2.75, 3.05) is 0 Å². The first-order valence-electron chi connectivity index (χ1n) is 4.31. The second-order valence-electron chi connectivity index (χ2n) is 3.06. The number of carbonyl (C=O) groups is 1. The summed E-state index contributed by atoms with van der Waals surface area (Å²) in [5, 5.41) is 9.86. The van der Waals surface area contributed by atoms with Gasteiger partial charge < -0.3 is 5.73 Å². The second kappa shape index (κ2) is 3.54. The van der Waals surface area contributed by atoms with E-state index in [0.717, 1.165) is 0 Å². The molecule has 7 nitrogen and oxygen atoms in total. The van der Waals surface area contributed by atoms with E-state index in [-0.39, 0.29) is 5.75 Å². The van der Waals surface area contributed by atoms with Gasteiger partial charge in [0.25, 0.3) is 5.09 Å². The Hall–Kier alpha value is -2.57. The zero-order valence-electron chi connectivity index (χ0n) is 7.99. The van der Waals surface area contributed by atoms with Gasteiger partial charge in [0, 0.05) is 11.6 Å². The molecule has 0 fully saturated rings. The lowest BCUT2D eigenvalue weighted by atomic mass is 10.2. The van der Waals surface area contributed by atoms with E-state index in [4.69, 9.17) is 5.73 Å². The van der Waals surface area contributed by atoms with Crippen LogP contribution >= 0.6 is 0 Å². The molecule has 1 amide bonds. The van der Waals surface area contributed by atoms with Crippen LogP contribution in [0.2, 0.25) is 0 Å². The third-order valence-corrected chi connectivity index (χ3v) is 2.08. The fraction of sp³-hybridized carbons (Fsp3) is 0. The molecule has 0 radical (unpaired) electrons. The van der Waals surface area contributed by atoms with Crippen molar-refractivity contribution >= 4 is 16.9 Å². The molecule has 0 spiro atoms. The minimum Gasteiger partial charge on any atom is -0.351 e. The molecular formula is C9H7N3O4. The lowest BCUT2D eigenvalue weighted by Crippen LogP contribution is -2.17. The Kier molecular flexibility index (Phi) is 2.20. The van der Waals surface area contributed by atoms with Crippen LogP contribution in [0.1, 0.15) is 0 Å². The van der Waals surface area contributed by atoms with E-state index in [9.17, 15) is 14.9 Å². The van der Waals surface area contributed by atoms with Crippen molar-refractivity contribution in [3.8, 4) is 5.75 Å². The van der Waals surface area contributed by atoms with Crippen molar-refractivity contribution in [2.45, 2.75) is 0 Å². The molecule has 2 N–H and O–H groups in total. The molecular weight excluding hydrogens is 214 g/mol. The van der Waals surface area contributed by atoms with Crippen LogP contribution in [0.3, 0.4) is 0 Å². The Morgan fingerprint density at radius 1 is 1.44 bits per heavy atom. The quantitative estimate of drug-likeness (QED) is 0.606. The molecule has 0 aliphatic rings. The monoisotopic (exact) mass is 221 g/mol. The van der Waals surface area contributed by atoms with Gasteiger partial charge in [-0.25, -0.2) is 4.79 Å². The van der Waals surface area contributed by atoms with Crippen LogP contribution in [0.4, 0.5) is 4.79 Å². The van der Waals surface area contributed by atoms with Crippen molar-refractivity contribution in [3.05, 3.63) is 40.6 Å². The lowest BCUT2D eigenvalue weighted by Gasteiger charge is -2.00. The zero-order valence-corrected chi connectivity index (χ0v) is 7.99. The minimum atomic E-state index is -0.897. The van der Waals surface area contributed by atoms with Crippen molar-refractivity contribution < 1.29 is 14.7 Å². The van der Waals surface area contributed by atoms with Gasteiger partial charge in [0.05, 0.1) is 5.52 Å². The fourth-order valence-corrected chi connectivity index (χ4v) is 1.46. The van der Waals surface area contributed by atoms with Crippen molar-refractivity contribution in [1.82, 2.24) is 4.57 Å². The van der Waals surface area contributed by atoms with E-state index in [1.807, 2.05) is 0 Å². The molecule has 0 aliphatic carbocycles. The Labute approximate surface area is 89.1 Å². The number of aromatic nitrogens is 1. The first-order valence-corrected chi connectivity index (χ1v) is 4.31. The zero-order chi connectivity index (χ0) is 11.7. The van der Waals surface area contributed by atoms with Gasteiger partial charge in [-0.15, -0.1) is 10.1 Å². The van der Waals surface area contributed by atoms with Gasteiger partial charge in [-0.2, -0.15) is 0 Å². The van der Waals surface area contributed by atoms with E-state index in [2.05, 4.69) is 4.84 Å². The molecule has 0 bridgehead atoms. The van der Waals surface area contributed by atoms with E-state index >= 15 is 0 Å². The maximum atomic E-state index is 11.0. The molecule has 0 aliphatic heterocycles. The molecule has 0 atom stereocenters. The molecule has 0 saturated carbocycles. The molecule has 0 unspecified atom stereocenters. The number of nitrogens with zero attached hydrogens (tertiary/aromatic N) is 2. The maximum absolute atomic E-state index is 11.0. The average molecular weight is 221 g/mol. The largest absolute Gasteiger partial charge is 0.351 e. The Balaban J connectivity index is 2.49. The van der Waals surface area contributed by atoms with E-state index in [1.165, 1.54) is 29.0 Å². The highest BCUT2D eigenvalue weighted by atomic mass is 17.0. The summed E-state index contributed by atoms with van der Waals surface area (Å²) >= 11 is 0. The number of primary amides is 1. The first kappa shape index (κ1) is 9.97. The van der Waals surface area contributed by atoms with Gasteiger partial charge in [0.1, 0.15) is 5.75 Å². The number of benzene rings is 1. The number of fused-ring (bicyclic) bond motifs is 1. The summed E-state index contributed by atoms with van der Waals surface area (Å²) in [7, 11) is 0. The van der Waals surface area contributed by atoms with Gasteiger partial charge in [-0.05, 0) is 24.3 Å². The summed E-state index contributed by atoms with van der Waals surface area (Å²) in [5.74, 6) is 0.0970. The number of hydrogen-bond acceptors (Lipinski definition) is 4. The smallest absolute Gasteiger partial charge is 0.323 e. The number of amides is 1. The van der Waals surface area contributed by atoms with E-state index < -0.39 is 11.1 Å². The number of hydrogen-bond donors (Lipinski definition) is 1. The fourth-order valence-electron chi connectivity index (χ4n) is 1.46. The topological polar surface area (TPSA) is 100 Å². The highest BCUT2D eigenvalue weighted by Gasteiger charge is 2.07. The highest BCUT2D eigenvalue weighted by Crippen LogP contribution is 2.21. The van der Waals surface area contributed by atoms with Gasteiger partial charge >= 0.3 is 6.03 Å². The highest BCUT2D eigenvalue weighted by molar-refractivity contribution is 5.91. The van der Waals surface area contributed by atoms with Crippen LogP contribution in [0, 0.1) is 10.1 Å². The lowest BCUT2D eigenvalue weighted by molar-refractivity contribution is -0.711. The Morgan fingerprint density at radius 3 is 2.81 bits per heavy atom. The Bertz CT molecular complexity index is 575. The van der Waals surface area contributed by atoms with Crippen LogP contribution in [-0.4, -0.2) is 15.7 Å². The van der Waals surface area contributed by atoms with Crippen LogP contribution in [0.15, 0.2) is 30.5 Å². The van der Waals surface area contributed by atoms with Crippen LogP contribution in [0.25, 0.3) is 10.9 Å². The van der Waals surface area contributed by atoms with Gasteiger partial charge in [0.15, 0.2) is 0 Å². The van der Waals surface area contributed by atoms with Crippen molar-refractivity contribution in [3.63, 3.8) is 0 Å². The minimum absolute atomic E-state index is 0.0970. The average Bonchev–Trinajstić information content (AvgIpc) is 2.59. The standard InChI is InChI=1S/C9H7N3O4/c10-9(13)11-4-3-6-5-7(16-12(14)15)1-2-8(6)11/h1-5H,(H2,10,13). The molecule has 7 heteroatoms. The van der Waals surface area contributed by atoms with Crippen LogP contribution in [-0.2, 0) is 0 Å². The molecule has 2 rings (SSSR count). The summed E-state index contributed by atoms with van der Waals surface area (Å²) in [4.78, 5) is 25.4. The van der Waals surface area contributed by atoms with Crippen LogP contribution in [0.5, 0.6) is 5.75 Å². The predicted octanol–water partition coefficient (Wildman–Crippen LogP) is 1.14. The molecule has 1 aromatic heterocycles. The van der Waals surface area contributed by atoms with E-state index in [1.54, 1.807) is 6.07 Å². The number of rotatable bonds is 2. The van der Waals surface area contributed by atoms with Crippen LogP contribution < -0.4 is 10.6 Å². The summed E-state index contributed by atoms with van der Waals surface area (Å²) in [5.41, 5.74) is 5.70. The third kappa shape index (κ3) is 1.65. The van der Waals surface area contributed by atoms with Gasteiger partial charge in [-0.3, -0.25) is 9.40 Å². The van der Waals surface area contributed by atoms with Gasteiger partial charge in [-0.1, -0.05) is 0 Å². The first-order chi connectivity index (χ1) is 7.58.